The highest BCUT2D eigenvalue weighted by molar-refractivity contribution is 5.73. The van der Waals surface area contributed by atoms with Crippen LogP contribution in [0.4, 0.5) is 0 Å². The Bertz CT molecular complexity index is 607. The molecule has 0 atom stereocenters. The van der Waals surface area contributed by atoms with Crippen molar-refractivity contribution in [3.05, 3.63) is 29.7 Å². The molecule has 1 aromatic carbocycles. The average molecular weight is 257 g/mol. The lowest BCUT2D eigenvalue weighted by atomic mass is 9.96. The molecule has 2 aromatic rings. The third-order valence-electron chi connectivity index (χ3n) is 3.02. The molecule has 0 radical (unpaired) electrons. The summed E-state index contributed by atoms with van der Waals surface area (Å²) in [5.41, 5.74) is 2.64. The van der Waals surface area contributed by atoms with E-state index in [0.717, 1.165) is 24.1 Å². The van der Waals surface area contributed by atoms with Gasteiger partial charge in [-0.15, -0.1) is 0 Å². The molecule has 1 N–H and O–H groups in total. The van der Waals surface area contributed by atoms with Crippen LogP contribution in [0.15, 0.2) is 22.6 Å². The second kappa shape index (κ2) is 5.41. The lowest BCUT2D eigenvalue weighted by Gasteiger charge is -2.15. The number of aromatic nitrogens is 1. The van der Waals surface area contributed by atoms with E-state index in [9.17, 15) is 0 Å². The Labute approximate surface area is 113 Å². The zero-order chi connectivity index (χ0) is 13.9. The van der Waals surface area contributed by atoms with Crippen molar-refractivity contribution in [2.24, 2.45) is 5.41 Å². The van der Waals surface area contributed by atoms with E-state index in [1.54, 1.807) is 0 Å². The number of benzene rings is 1. The Hall–Kier alpha value is -1.86. The Morgan fingerprint density at radius 1 is 1.42 bits per heavy atom. The second-order valence-electron chi connectivity index (χ2n) is 5.46. The molecule has 19 heavy (non-hydrogen) atoms. The van der Waals surface area contributed by atoms with Crippen LogP contribution >= 0.6 is 0 Å². The minimum Gasteiger partial charge on any atom is -0.441 e. The van der Waals surface area contributed by atoms with Crippen LogP contribution in [0.25, 0.3) is 11.1 Å². The Balaban J connectivity index is 1.90. The molecule has 1 heterocycles. The van der Waals surface area contributed by atoms with Crippen LogP contribution in [0.3, 0.4) is 0 Å². The summed E-state index contributed by atoms with van der Waals surface area (Å²) in [4.78, 5) is 4.28. The first-order valence-electron chi connectivity index (χ1n) is 6.48. The van der Waals surface area contributed by atoms with Gasteiger partial charge in [0.2, 0.25) is 0 Å². The van der Waals surface area contributed by atoms with Crippen molar-refractivity contribution >= 4 is 11.1 Å². The fourth-order valence-electron chi connectivity index (χ4n) is 1.91. The van der Waals surface area contributed by atoms with Gasteiger partial charge in [0.15, 0.2) is 11.5 Å². The number of hydrogen-bond donors (Lipinski definition) is 1. The van der Waals surface area contributed by atoms with Crippen LogP contribution in [-0.2, 0) is 6.42 Å². The van der Waals surface area contributed by atoms with Crippen molar-refractivity contribution in [3.8, 4) is 6.07 Å². The van der Waals surface area contributed by atoms with E-state index in [-0.39, 0.29) is 5.41 Å². The van der Waals surface area contributed by atoms with Crippen molar-refractivity contribution in [2.75, 3.05) is 13.1 Å². The van der Waals surface area contributed by atoms with Gasteiger partial charge >= 0.3 is 0 Å². The zero-order valence-corrected chi connectivity index (χ0v) is 11.7. The fourth-order valence-corrected chi connectivity index (χ4v) is 1.91. The van der Waals surface area contributed by atoms with Gasteiger partial charge < -0.3 is 9.73 Å². The van der Waals surface area contributed by atoms with Crippen LogP contribution < -0.4 is 5.32 Å². The number of nitrogens with one attached hydrogen (secondary N) is 1. The summed E-state index contributed by atoms with van der Waals surface area (Å²) in [7, 11) is 0. The van der Waals surface area contributed by atoms with Crippen molar-refractivity contribution in [2.45, 2.75) is 27.2 Å². The third-order valence-corrected chi connectivity index (χ3v) is 3.02. The molecule has 0 unspecified atom stereocenters. The maximum absolute atomic E-state index is 8.92. The Morgan fingerprint density at radius 2 is 2.21 bits per heavy atom. The average Bonchev–Trinajstić information content (AvgIpc) is 2.74. The van der Waals surface area contributed by atoms with Crippen molar-refractivity contribution in [1.29, 1.82) is 5.26 Å². The van der Waals surface area contributed by atoms with Gasteiger partial charge in [-0.25, -0.2) is 4.98 Å². The van der Waals surface area contributed by atoms with Gasteiger partial charge in [-0.2, -0.15) is 5.26 Å². The molecule has 0 saturated carbocycles. The number of nitriles is 1. The molecular weight excluding hydrogens is 238 g/mol. The van der Waals surface area contributed by atoms with Crippen molar-refractivity contribution in [3.63, 3.8) is 0 Å². The summed E-state index contributed by atoms with van der Waals surface area (Å²) in [5, 5.41) is 12.2. The number of hydrogen-bond acceptors (Lipinski definition) is 4. The van der Waals surface area contributed by atoms with Gasteiger partial charge in [0, 0.05) is 13.5 Å². The van der Waals surface area contributed by atoms with E-state index in [0.29, 0.717) is 12.4 Å². The van der Waals surface area contributed by atoms with Crippen molar-refractivity contribution < 1.29 is 4.42 Å². The molecule has 2 rings (SSSR count). The number of nitrogens with zero attached hydrogens (tertiary/aromatic N) is 2. The summed E-state index contributed by atoms with van der Waals surface area (Å²) in [6, 6.07) is 8.37. The first-order chi connectivity index (χ1) is 9.00. The predicted molar refractivity (Wildman–Crippen MR) is 74.7 cm³/mol. The summed E-state index contributed by atoms with van der Waals surface area (Å²) >= 11 is 0. The van der Waals surface area contributed by atoms with Crippen LogP contribution in [0.5, 0.6) is 0 Å². The van der Waals surface area contributed by atoms with E-state index in [2.05, 4.69) is 22.4 Å². The van der Waals surface area contributed by atoms with Crippen LogP contribution in [0, 0.1) is 23.7 Å². The van der Waals surface area contributed by atoms with Crippen LogP contribution in [0.1, 0.15) is 25.3 Å². The molecule has 0 fully saturated rings. The van der Waals surface area contributed by atoms with E-state index in [1.165, 1.54) is 5.56 Å². The van der Waals surface area contributed by atoms with Crippen molar-refractivity contribution in [1.82, 2.24) is 10.3 Å². The predicted octanol–water partition coefficient (Wildman–Crippen LogP) is 2.82. The smallest absolute Gasteiger partial charge is 0.192 e. The second-order valence-corrected chi connectivity index (χ2v) is 5.46. The monoisotopic (exact) mass is 257 g/mol. The zero-order valence-electron chi connectivity index (χ0n) is 11.7. The number of fused-ring (bicyclic) bond motifs is 1. The van der Waals surface area contributed by atoms with E-state index in [1.807, 2.05) is 32.9 Å². The first-order valence-corrected chi connectivity index (χ1v) is 6.48. The molecule has 0 bridgehead atoms. The highest BCUT2D eigenvalue weighted by Gasteiger charge is 2.15. The summed E-state index contributed by atoms with van der Waals surface area (Å²) in [6.45, 7) is 7.27. The standard InChI is InChI=1S/C15H19N3O/c1-11-18-13-5-4-12(8-14(13)19-11)6-7-17-10-15(2,3)9-16/h4-5,8,17H,6-7,10H2,1-3H3. The van der Waals surface area contributed by atoms with Crippen LogP contribution in [-0.4, -0.2) is 18.1 Å². The molecule has 0 amide bonds. The minimum absolute atomic E-state index is 0.313. The van der Waals surface area contributed by atoms with Gasteiger partial charge in [-0.1, -0.05) is 6.07 Å². The fraction of sp³-hybridized carbons (Fsp3) is 0.467. The molecule has 0 aliphatic rings. The highest BCUT2D eigenvalue weighted by Crippen LogP contribution is 2.17. The first kappa shape index (κ1) is 13.6. The maximum Gasteiger partial charge on any atom is 0.192 e. The third kappa shape index (κ3) is 3.55. The van der Waals surface area contributed by atoms with Gasteiger partial charge in [0.05, 0.1) is 11.5 Å². The van der Waals surface area contributed by atoms with Crippen LogP contribution in [0.2, 0.25) is 0 Å². The highest BCUT2D eigenvalue weighted by atomic mass is 16.3. The normalized spacial score (nSPS) is 11.7. The Morgan fingerprint density at radius 3 is 2.95 bits per heavy atom. The SMILES string of the molecule is Cc1nc2ccc(CCNCC(C)(C)C#N)cc2o1. The van der Waals surface area contributed by atoms with E-state index < -0.39 is 0 Å². The Kier molecular flexibility index (Phi) is 3.87. The van der Waals surface area contributed by atoms with E-state index >= 15 is 0 Å². The minimum atomic E-state index is -0.313. The lowest BCUT2D eigenvalue weighted by Crippen LogP contribution is -2.29. The quantitative estimate of drug-likeness (QED) is 0.837. The van der Waals surface area contributed by atoms with E-state index in [4.69, 9.17) is 9.68 Å². The molecule has 0 aliphatic heterocycles. The molecule has 100 valence electrons. The molecular formula is C15H19N3O. The summed E-state index contributed by atoms with van der Waals surface area (Å²) in [6.07, 6.45) is 0.914. The van der Waals surface area contributed by atoms with Gasteiger partial charge in [-0.05, 0) is 44.5 Å². The number of aryl methyl sites for hydroxylation is 1. The molecule has 1 aromatic heterocycles. The van der Waals surface area contributed by atoms with Gasteiger partial charge in [-0.3, -0.25) is 0 Å². The number of oxazole rings is 1. The summed E-state index contributed by atoms with van der Waals surface area (Å²) < 4.78 is 5.51. The molecule has 4 nitrogen and oxygen atoms in total. The molecule has 0 spiro atoms. The van der Waals surface area contributed by atoms with Gasteiger partial charge in [0.25, 0.3) is 0 Å². The maximum atomic E-state index is 8.92. The topological polar surface area (TPSA) is 61.9 Å². The molecule has 4 heteroatoms. The molecule has 0 saturated heterocycles. The lowest BCUT2D eigenvalue weighted by molar-refractivity contribution is 0.447. The summed E-state index contributed by atoms with van der Waals surface area (Å²) in [5.74, 6) is 0.695. The van der Waals surface area contributed by atoms with Gasteiger partial charge in [0.1, 0.15) is 5.52 Å². The number of rotatable bonds is 5. The largest absolute Gasteiger partial charge is 0.441 e. The molecule has 0 aliphatic carbocycles.